The number of halogens is 2. The maximum absolute atomic E-state index is 5.87. The first kappa shape index (κ1) is 9.47. The highest BCUT2D eigenvalue weighted by Gasteiger charge is 2.75. The Labute approximate surface area is 90.5 Å². The summed E-state index contributed by atoms with van der Waals surface area (Å²) in [7, 11) is 0. The Morgan fingerprint density at radius 2 is 2.17 bits per heavy atom. The highest BCUT2D eigenvalue weighted by atomic mass is 79.9. The molecule has 0 saturated heterocycles. The number of hydrogen-bond acceptors (Lipinski definition) is 1. The Kier molecular flexibility index (Phi) is 2.34. The molecule has 2 rings (SSSR count). The number of hydrogen-bond donors (Lipinski definition) is 0. The molecule has 2 fully saturated rings. The van der Waals surface area contributed by atoms with Crippen LogP contribution < -0.4 is 0 Å². The molecule has 2 saturated carbocycles. The monoisotopic (exact) mass is 296 g/mol. The summed E-state index contributed by atoms with van der Waals surface area (Å²) in [4.78, 5) is 0. The fourth-order valence-corrected chi connectivity index (χ4v) is 4.67. The number of alkyl halides is 2. The lowest BCUT2D eigenvalue weighted by atomic mass is 9.98. The van der Waals surface area contributed by atoms with Crippen LogP contribution in [-0.4, -0.2) is 15.4 Å². The largest absolute Gasteiger partial charge is 0.373 e. The van der Waals surface area contributed by atoms with E-state index in [-0.39, 0.29) is 8.83 Å². The van der Waals surface area contributed by atoms with Gasteiger partial charge in [0.1, 0.15) is 3.23 Å². The van der Waals surface area contributed by atoms with E-state index in [4.69, 9.17) is 4.74 Å². The lowest BCUT2D eigenvalue weighted by Gasteiger charge is -2.21. The highest BCUT2D eigenvalue weighted by molar-refractivity contribution is 9.25. The van der Waals surface area contributed by atoms with Gasteiger partial charge < -0.3 is 4.74 Å². The Morgan fingerprint density at radius 3 is 2.75 bits per heavy atom. The Hall–Kier alpha value is 0.920. The minimum atomic E-state index is 0.0967. The van der Waals surface area contributed by atoms with Gasteiger partial charge in [-0.25, -0.2) is 0 Å². The zero-order valence-corrected chi connectivity index (χ0v) is 10.4. The molecular formula is C9H14Br2O. The van der Waals surface area contributed by atoms with Crippen molar-refractivity contribution in [3.63, 3.8) is 0 Å². The molecule has 0 aromatic carbocycles. The van der Waals surface area contributed by atoms with Gasteiger partial charge in [0.2, 0.25) is 0 Å². The summed E-state index contributed by atoms with van der Waals surface area (Å²) in [6.45, 7) is 2.91. The molecule has 1 nitrogen and oxygen atoms in total. The molecule has 3 heteroatoms. The van der Waals surface area contributed by atoms with Gasteiger partial charge in [-0.05, 0) is 19.8 Å². The standard InChI is InChI=1S/C9H14Br2O/c1-2-12-8-6-4-3-5-7(8)9(8,10)11/h7H,2-6H2,1H3. The molecular weight excluding hydrogens is 284 g/mol. The van der Waals surface area contributed by atoms with E-state index in [1.165, 1.54) is 25.7 Å². The van der Waals surface area contributed by atoms with Crippen molar-refractivity contribution in [3.05, 3.63) is 0 Å². The molecule has 2 aliphatic carbocycles. The maximum Gasteiger partial charge on any atom is 0.115 e. The van der Waals surface area contributed by atoms with Crippen LogP contribution >= 0.6 is 31.9 Å². The summed E-state index contributed by atoms with van der Waals surface area (Å²) in [6.07, 6.45) is 5.19. The summed E-state index contributed by atoms with van der Waals surface area (Å²) in [5.74, 6) is 0.693. The molecule has 2 aliphatic rings. The van der Waals surface area contributed by atoms with Gasteiger partial charge in [-0.1, -0.05) is 44.7 Å². The van der Waals surface area contributed by atoms with Gasteiger partial charge in [-0.15, -0.1) is 0 Å². The highest BCUT2D eigenvalue weighted by Crippen LogP contribution is 2.72. The van der Waals surface area contributed by atoms with Crippen LogP contribution in [0, 0.1) is 5.92 Å². The normalized spacial score (nSPS) is 43.8. The zero-order valence-electron chi connectivity index (χ0n) is 7.28. The summed E-state index contributed by atoms with van der Waals surface area (Å²) in [5.41, 5.74) is 0.125. The van der Waals surface area contributed by atoms with E-state index < -0.39 is 0 Å². The second-order valence-corrected chi connectivity index (χ2v) is 7.31. The topological polar surface area (TPSA) is 9.23 Å². The molecule has 70 valence electrons. The van der Waals surface area contributed by atoms with Crippen molar-refractivity contribution in [1.82, 2.24) is 0 Å². The summed E-state index contributed by atoms with van der Waals surface area (Å²) >= 11 is 7.46. The molecule has 0 aromatic heterocycles. The maximum atomic E-state index is 5.87. The number of rotatable bonds is 2. The third-order valence-electron chi connectivity index (χ3n) is 3.17. The SMILES string of the molecule is CCOC12CCCCC1C2(Br)Br. The average Bonchev–Trinajstić information content (AvgIpc) is 2.51. The van der Waals surface area contributed by atoms with Crippen molar-refractivity contribution in [1.29, 1.82) is 0 Å². The molecule has 2 unspecified atom stereocenters. The third kappa shape index (κ3) is 1.05. The van der Waals surface area contributed by atoms with Crippen LogP contribution in [0.5, 0.6) is 0 Å². The van der Waals surface area contributed by atoms with Crippen LogP contribution in [-0.2, 0) is 4.74 Å². The summed E-state index contributed by atoms with van der Waals surface area (Å²) in [5, 5.41) is 0. The van der Waals surface area contributed by atoms with Crippen molar-refractivity contribution in [2.45, 2.75) is 41.4 Å². The van der Waals surface area contributed by atoms with E-state index in [0.29, 0.717) is 5.92 Å². The van der Waals surface area contributed by atoms with Crippen molar-refractivity contribution in [2.24, 2.45) is 5.92 Å². The molecule has 2 atom stereocenters. The minimum absolute atomic E-state index is 0.0967. The van der Waals surface area contributed by atoms with E-state index in [1.807, 2.05) is 0 Å². The van der Waals surface area contributed by atoms with Crippen LogP contribution in [0.15, 0.2) is 0 Å². The van der Waals surface area contributed by atoms with E-state index in [2.05, 4.69) is 38.8 Å². The predicted molar refractivity (Wildman–Crippen MR) is 56.9 cm³/mol. The van der Waals surface area contributed by atoms with Crippen LogP contribution in [0.2, 0.25) is 0 Å². The van der Waals surface area contributed by atoms with Gasteiger partial charge in [-0.2, -0.15) is 0 Å². The van der Waals surface area contributed by atoms with Crippen molar-refractivity contribution in [2.75, 3.05) is 6.61 Å². The fraction of sp³-hybridized carbons (Fsp3) is 1.00. The first-order chi connectivity index (χ1) is 5.65. The summed E-state index contributed by atoms with van der Waals surface area (Å²) in [6, 6.07) is 0. The fourth-order valence-electron chi connectivity index (χ4n) is 2.52. The molecule has 0 radical (unpaired) electrons. The van der Waals surface area contributed by atoms with Crippen LogP contribution in [0.4, 0.5) is 0 Å². The molecule has 0 N–H and O–H groups in total. The van der Waals surface area contributed by atoms with Crippen LogP contribution in [0.25, 0.3) is 0 Å². The van der Waals surface area contributed by atoms with E-state index >= 15 is 0 Å². The number of ether oxygens (including phenoxy) is 1. The molecule has 0 aromatic rings. The Morgan fingerprint density at radius 1 is 1.42 bits per heavy atom. The van der Waals surface area contributed by atoms with Crippen LogP contribution in [0.1, 0.15) is 32.6 Å². The molecule has 0 bridgehead atoms. The second-order valence-electron chi connectivity index (χ2n) is 3.74. The van der Waals surface area contributed by atoms with Crippen molar-refractivity contribution < 1.29 is 4.74 Å². The van der Waals surface area contributed by atoms with E-state index in [9.17, 15) is 0 Å². The molecule has 0 aliphatic heterocycles. The smallest absolute Gasteiger partial charge is 0.115 e. The first-order valence-electron chi connectivity index (χ1n) is 4.67. The van der Waals surface area contributed by atoms with Gasteiger partial charge in [0, 0.05) is 12.5 Å². The van der Waals surface area contributed by atoms with Gasteiger partial charge in [-0.3, -0.25) is 0 Å². The minimum Gasteiger partial charge on any atom is -0.373 e. The average molecular weight is 298 g/mol. The predicted octanol–water partition coefficient (Wildman–Crippen LogP) is 3.45. The van der Waals surface area contributed by atoms with Crippen LogP contribution in [0.3, 0.4) is 0 Å². The second kappa shape index (κ2) is 2.96. The number of fused-ring (bicyclic) bond motifs is 1. The molecule has 0 heterocycles. The molecule has 12 heavy (non-hydrogen) atoms. The lowest BCUT2D eigenvalue weighted by molar-refractivity contribution is 0.0113. The Bertz CT molecular complexity index is 189. The van der Waals surface area contributed by atoms with Crippen molar-refractivity contribution >= 4 is 31.9 Å². The zero-order chi connectivity index (χ0) is 8.82. The molecule has 0 amide bonds. The van der Waals surface area contributed by atoms with Gasteiger partial charge >= 0.3 is 0 Å². The Balaban J connectivity index is 2.13. The van der Waals surface area contributed by atoms with Gasteiger partial charge in [0.15, 0.2) is 0 Å². The van der Waals surface area contributed by atoms with Gasteiger partial charge in [0.05, 0.1) is 5.60 Å². The van der Waals surface area contributed by atoms with E-state index in [1.54, 1.807) is 0 Å². The van der Waals surface area contributed by atoms with Crippen molar-refractivity contribution in [3.8, 4) is 0 Å². The molecule has 0 spiro atoms. The lowest BCUT2D eigenvalue weighted by Crippen LogP contribution is -2.23. The quantitative estimate of drug-likeness (QED) is 0.710. The van der Waals surface area contributed by atoms with Gasteiger partial charge in [0.25, 0.3) is 0 Å². The summed E-state index contributed by atoms with van der Waals surface area (Å²) < 4.78 is 5.96. The first-order valence-corrected chi connectivity index (χ1v) is 6.25. The van der Waals surface area contributed by atoms with E-state index in [0.717, 1.165) is 6.61 Å². The third-order valence-corrected chi connectivity index (χ3v) is 5.62.